The van der Waals surface area contributed by atoms with Gasteiger partial charge in [-0.1, -0.05) is 67.4 Å². The van der Waals surface area contributed by atoms with Gasteiger partial charge < -0.3 is 43.5 Å². The summed E-state index contributed by atoms with van der Waals surface area (Å²) < 4.78 is 37.1. The molecule has 14 heteroatoms. The summed E-state index contributed by atoms with van der Waals surface area (Å²) in [6.07, 6.45) is 7.93. The maximum Gasteiger partial charge on any atom is 0.417 e. The predicted octanol–water partition coefficient (Wildman–Crippen LogP) is 9.02. The second-order valence-electron chi connectivity index (χ2n) is 16.0. The molecule has 14 nitrogen and oxygen atoms in total. The molecule has 0 radical (unpaired) electrons. The molecule has 0 aromatic heterocycles. The number of allylic oxidation sites excluding steroid dienone is 1. The largest absolute Gasteiger partial charge is 0.497 e. The molecule has 2 amide bonds. The average Bonchev–Trinajstić information content (AvgIpc) is 3.30. The summed E-state index contributed by atoms with van der Waals surface area (Å²) in [6, 6.07) is 19.2. The van der Waals surface area contributed by atoms with Crippen LogP contribution in [0.3, 0.4) is 0 Å². The van der Waals surface area contributed by atoms with Gasteiger partial charge in [-0.3, -0.25) is 10.2 Å². The lowest BCUT2D eigenvalue weighted by atomic mass is 9.55. The molecule has 1 aliphatic heterocycles. The number of unbranched alkanes of at least 4 members (excludes halogenated alkanes) is 2. The molecule has 1 heterocycles. The van der Waals surface area contributed by atoms with E-state index in [4.69, 9.17) is 38.4 Å². The number of benzene rings is 3. The maximum absolute atomic E-state index is 14.5. The van der Waals surface area contributed by atoms with Crippen LogP contribution in [0.1, 0.15) is 82.3 Å². The molecule has 6 unspecified atom stereocenters. The summed E-state index contributed by atoms with van der Waals surface area (Å²) in [5, 5.41) is 27.4. The molecule has 3 N–H and O–H groups in total. The number of amides is 2. The molecule has 0 bridgehead atoms. The van der Waals surface area contributed by atoms with Crippen molar-refractivity contribution < 1.29 is 53.1 Å². The third-order valence-electron chi connectivity index (χ3n) is 12.1. The molecular weight excluding hydrogens is 807 g/mol. The van der Waals surface area contributed by atoms with E-state index >= 15 is 0 Å². The Labute approximate surface area is 370 Å². The minimum absolute atomic E-state index is 0.0240. The Kier molecular flexibility index (Phi) is 16.9. The van der Waals surface area contributed by atoms with E-state index in [1.165, 1.54) is 7.11 Å². The molecule has 3 aromatic rings. The van der Waals surface area contributed by atoms with Gasteiger partial charge >= 0.3 is 12.2 Å². The molecule has 1 saturated carbocycles. The van der Waals surface area contributed by atoms with Gasteiger partial charge in [0, 0.05) is 43.7 Å². The third kappa shape index (κ3) is 10.8. The van der Waals surface area contributed by atoms with Crippen LogP contribution in [0.5, 0.6) is 23.0 Å². The maximum atomic E-state index is 14.5. The average molecular weight is 870 g/mol. The molecule has 3 aromatic carbocycles. The number of fused-ring (bicyclic) bond motifs is 2. The van der Waals surface area contributed by atoms with Crippen LogP contribution in [0.15, 0.2) is 96.2 Å². The molecule has 340 valence electrons. The summed E-state index contributed by atoms with van der Waals surface area (Å²) in [4.78, 5) is 35.6. The van der Waals surface area contributed by atoms with Gasteiger partial charge in [0.05, 0.1) is 38.1 Å². The Morgan fingerprint density at radius 1 is 0.968 bits per heavy atom. The first-order valence-corrected chi connectivity index (χ1v) is 22.1. The molecule has 3 aliphatic rings. The number of rotatable bonds is 22. The highest BCUT2D eigenvalue weighted by atomic mass is 16.7. The van der Waals surface area contributed by atoms with Crippen LogP contribution in [0.4, 0.5) is 15.3 Å². The summed E-state index contributed by atoms with van der Waals surface area (Å²) in [5.41, 5.74) is 3.65. The number of aliphatic hydroxyl groups is 2. The normalized spacial score (nSPS) is 22.7. The van der Waals surface area contributed by atoms with Crippen LogP contribution in [-0.4, -0.2) is 92.0 Å². The van der Waals surface area contributed by atoms with Crippen LogP contribution in [-0.2, 0) is 20.9 Å². The lowest BCUT2D eigenvalue weighted by Gasteiger charge is -2.59. The Balaban J connectivity index is 1.50. The van der Waals surface area contributed by atoms with Gasteiger partial charge in [0.1, 0.15) is 42.3 Å². The van der Waals surface area contributed by atoms with Crippen molar-refractivity contribution in [2.45, 2.75) is 89.6 Å². The first-order valence-electron chi connectivity index (χ1n) is 22.1. The van der Waals surface area contributed by atoms with Gasteiger partial charge in [0.25, 0.3) is 0 Å². The van der Waals surface area contributed by atoms with Crippen molar-refractivity contribution in [3.63, 3.8) is 0 Å². The van der Waals surface area contributed by atoms with Crippen molar-refractivity contribution in [3.8, 4) is 23.0 Å². The zero-order valence-electron chi connectivity index (χ0n) is 37.0. The lowest BCUT2D eigenvalue weighted by Crippen LogP contribution is -2.70. The van der Waals surface area contributed by atoms with E-state index in [2.05, 4.69) is 18.0 Å². The number of hydrogen-bond donors (Lipinski definition) is 3. The molecule has 2 aliphatic carbocycles. The van der Waals surface area contributed by atoms with Crippen molar-refractivity contribution in [1.29, 1.82) is 0 Å². The predicted molar refractivity (Wildman–Crippen MR) is 239 cm³/mol. The smallest absolute Gasteiger partial charge is 0.417 e. The number of nitrogens with one attached hydrogen (secondary N) is 1. The number of aliphatic hydroxyl groups excluding tert-OH is 2. The fourth-order valence-electron chi connectivity index (χ4n) is 9.42. The zero-order valence-corrected chi connectivity index (χ0v) is 37.0. The van der Waals surface area contributed by atoms with E-state index in [9.17, 15) is 19.8 Å². The van der Waals surface area contributed by atoms with Gasteiger partial charge in [0.2, 0.25) is 5.79 Å². The van der Waals surface area contributed by atoms with Crippen LogP contribution in [0, 0.1) is 17.8 Å². The first kappa shape index (κ1) is 46.9. The van der Waals surface area contributed by atoms with Gasteiger partial charge in [-0.15, -0.1) is 6.58 Å². The second kappa shape index (κ2) is 22.7. The summed E-state index contributed by atoms with van der Waals surface area (Å²) in [6.45, 7) is 8.90. The number of oxime groups is 1. The standard InChI is InChI=1S/C49H63N3O11/c1-6-24-52(48(56)59-32-33-16-10-9-11-17-33)44-31-41(51-61-8-3)38-28-34(18-12-14-25-53)37(19-13-15-26-54)45-39-29-36(21-23-42(39)63-49(44,46(38)45)60-27-7-2)62-47(55)50-40-22-20-35(57-4)30-43(40)58-5/h7,9-11,16-17,20-23,28-30,34,37,44-46,53-54H,2,6,8,12-15,18-19,24-27,31-32H2,1,3-5H3,(H,50,55). The van der Waals surface area contributed by atoms with Gasteiger partial charge in [-0.25, -0.2) is 9.59 Å². The molecule has 1 fully saturated rings. The van der Waals surface area contributed by atoms with Crippen molar-refractivity contribution in [2.24, 2.45) is 22.9 Å². The van der Waals surface area contributed by atoms with Gasteiger partial charge in [-0.2, -0.15) is 0 Å². The van der Waals surface area contributed by atoms with Crippen LogP contribution in [0.25, 0.3) is 0 Å². The molecule has 63 heavy (non-hydrogen) atoms. The van der Waals surface area contributed by atoms with Crippen molar-refractivity contribution >= 4 is 23.6 Å². The lowest BCUT2D eigenvalue weighted by molar-refractivity contribution is -0.255. The Bertz CT molecular complexity index is 2060. The quantitative estimate of drug-likeness (QED) is 0.0501. The zero-order chi connectivity index (χ0) is 44.8. The molecule has 0 saturated heterocycles. The number of methoxy groups -OCH3 is 2. The van der Waals surface area contributed by atoms with Crippen molar-refractivity contribution in [1.82, 2.24) is 4.90 Å². The topological polar surface area (TPSA) is 167 Å². The van der Waals surface area contributed by atoms with E-state index in [-0.39, 0.29) is 56.4 Å². The molecule has 6 atom stereocenters. The number of carbonyl (C=O) groups excluding carboxylic acids is 2. The SMILES string of the molecule is C=CCOC12Oc3ccc(OC(=O)Nc4ccc(OC)cc4OC)cc3C3C(CCCCO)C(CCCCO)C=C(C(=NOCC)CC1N(CCC)C(=O)OCc1ccccc1)C32. The van der Waals surface area contributed by atoms with Gasteiger partial charge in [-0.05, 0) is 92.3 Å². The van der Waals surface area contributed by atoms with E-state index < -0.39 is 29.9 Å². The first-order chi connectivity index (χ1) is 30.7. The van der Waals surface area contributed by atoms with Crippen LogP contribution in [0.2, 0.25) is 0 Å². The number of anilines is 1. The monoisotopic (exact) mass is 869 g/mol. The molecule has 0 spiro atoms. The minimum Gasteiger partial charge on any atom is -0.497 e. The number of hydrogen-bond acceptors (Lipinski definition) is 12. The summed E-state index contributed by atoms with van der Waals surface area (Å²) in [5.74, 6) is -0.531. The van der Waals surface area contributed by atoms with Crippen LogP contribution >= 0.6 is 0 Å². The van der Waals surface area contributed by atoms with E-state index in [0.29, 0.717) is 61.1 Å². The minimum atomic E-state index is -1.46. The van der Waals surface area contributed by atoms with E-state index in [0.717, 1.165) is 42.4 Å². The second-order valence-corrected chi connectivity index (χ2v) is 16.0. The van der Waals surface area contributed by atoms with E-state index in [1.54, 1.807) is 48.4 Å². The number of ether oxygens (including phenoxy) is 6. The Morgan fingerprint density at radius 2 is 1.73 bits per heavy atom. The van der Waals surface area contributed by atoms with Crippen molar-refractivity contribution in [3.05, 3.63) is 102 Å². The van der Waals surface area contributed by atoms with Crippen molar-refractivity contribution in [2.75, 3.05) is 52.5 Å². The highest BCUT2D eigenvalue weighted by Gasteiger charge is 2.65. The number of nitrogens with zero attached hydrogens (tertiary/aromatic N) is 2. The fraction of sp³-hybridized carbons (Fsp3) is 0.490. The Hall–Kier alpha value is -5.57. The Morgan fingerprint density at radius 3 is 2.43 bits per heavy atom. The van der Waals surface area contributed by atoms with Crippen LogP contribution < -0.4 is 24.3 Å². The highest BCUT2D eigenvalue weighted by molar-refractivity contribution is 6.03. The molecule has 6 rings (SSSR count). The summed E-state index contributed by atoms with van der Waals surface area (Å²) in [7, 11) is 3.05. The van der Waals surface area contributed by atoms with Gasteiger partial charge in [0.15, 0.2) is 0 Å². The number of carbonyl (C=O) groups is 2. The highest BCUT2D eigenvalue weighted by Crippen LogP contribution is 2.62. The summed E-state index contributed by atoms with van der Waals surface area (Å²) >= 11 is 0. The van der Waals surface area contributed by atoms with E-state index in [1.807, 2.05) is 50.2 Å². The molecular formula is C49H63N3O11. The third-order valence-corrected chi connectivity index (χ3v) is 12.1. The fourth-order valence-corrected chi connectivity index (χ4v) is 9.42.